The van der Waals surface area contributed by atoms with Crippen LogP contribution >= 0.6 is 0 Å². The Bertz CT molecular complexity index is 434. The number of rotatable bonds is 2. The molecule has 0 spiro atoms. The summed E-state index contributed by atoms with van der Waals surface area (Å²) in [4.78, 5) is 11.3. The summed E-state index contributed by atoms with van der Waals surface area (Å²) in [6, 6.07) is 4.46. The summed E-state index contributed by atoms with van der Waals surface area (Å²) >= 11 is 0. The van der Waals surface area contributed by atoms with E-state index >= 15 is 0 Å². The van der Waals surface area contributed by atoms with Crippen molar-refractivity contribution in [1.82, 2.24) is 0 Å². The minimum atomic E-state index is -0.775. The average Bonchev–Trinajstić information content (AvgIpc) is 2.27. The first-order valence-electron chi connectivity index (χ1n) is 4.04. The maximum Gasteiger partial charge on any atom is 0.343 e. The van der Waals surface area contributed by atoms with Gasteiger partial charge >= 0.3 is 5.97 Å². The van der Waals surface area contributed by atoms with E-state index in [1.54, 1.807) is 6.07 Å². The Labute approximate surface area is 86.5 Å². The normalized spacial score (nSPS) is 9.13. The second-order valence-corrected chi connectivity index (χ2v) is 2.64. The molecule has 5 nitrogen and oxygen atoms in total. The van der Waals surface area contributed by atoms with Crippen LogP contribution < -0.4 is 4.74 Å². The molecule has 1 aromatic rings. The van der Waals surface area contributed by atoms with Gasteiger partial charge in [-0.3, -0.25) is 0 Å². The lowest BCUT2D eigenvalue weighted by Crippen LogP contribution is -2.06. The number of methoxy groups -OCH3 is 2. The van der Waals surface area contributed by atoms with Gasteiger partial charge in [-0.2, -0.15) is 5.26 Å². The zero-order chi connectivity index (χ0) is 11.4. The van der Waals surface area contributed by atoms with Crippen molar-refractivity contribution in [3.63, 3.8) is 0 Å². The van der Waals surface area contributed by atoms with Crippen LogP contribution in [-0.2, 0) is 4.74 Å². The lowest BCUT2D eigenvalue weighted by atomic mass is 10.1. The Morgan fingerprint density at radius 3 is 2.60 bits per heavy atom. The largest absolute Gasteiger partial charge is 0.507 e. The average molecular weight is 207 g/mol. The number of benzene rings is 1. The third-order valence-corrected chi connectivity index (χ3v) is 1.87. The van der Waals surface area contributed by atoms with E-state index in [9.17, 15) is 9.90 Å². The Hall–Kier alpha value is -2.22. The SMILES string of the molecule is COC(=O)c1c(O)ccc(OC)c1C#N. The molecule has 15 heavy (non-hydrogen) atoms. The van der Waals surface area contributed by atoms with Crippen LogP contribution in [0.25, 0.3) is 0 Å². The van der Waals surface area contributed by atoms with E-state index in [1.165, 1.54) is 26.4 Å². The predicted octanol–water partition coefficient (Wildman–Crippen LogP) is 1.06. The van der Waals surface area contributed by atoms with E-state index < -0.39 is 5.97 Å². The molecule has 0 aliphatic carbocycles. The van der Waals surface area contributed by atoms with Crippen LogP contribution in [0.4, 0.5) is 0 Å². The van der Waals surface area contributed by atoms with Gasteiger partial charge in [0.25, 0.3) is 0 Å². The van der Waals surface area contributed by atoms with Crippen molar-refractivity contribution in [3.8, 4) is 17.6 Å². The summed E-state index contributed by atoms with van der Waals surface area (Å²) in [5.41, 5.74) is -0.219. The zero-order valence-corrected chi connectivity index (χ0v) is 8.27. The molecule has 1 aromatic carbocycles. The summed E-state index contributed by atoms with van der Waals surface area (Å²) in [6.07, 6.45) is 0. The lowest BCUT2D eigenvalue weighted by molar-refractivity contribution is 0.0596. The predicted molar refractivity (Wildman–Crippen MR) is 50.7 cm³/mol. The highest BCUT2D eigenvalue weighted by atomic mass is 16.5. The fourth-order valence-electron chi connectivity index (χ4n) is 1.16. The van der Waals surface area contributed by atoms with Gasteiger partial charge in [0.2, 0.25) is 0 Å². The number of phenols is 1. The molecule has 0 saturated heterocycles. The van der Waals surface area contributed by atoms with Gasteiger partial charge in [0, 0.05) is 0 Å². The third kappa shape index (κ3) is 1.83. The van der Waals surface area contributed by atoms with Gasteiger partial charge < -0.3 is 14.6 Å². The van der Waals surface area contributed by atoms with Crippen LogP contribution in [0, 0.1) is 11.3 Å². The second-order valence-electron chi connectivity index (χ2n) is 2.64. The molecule has 0 aliphatic heterocycles. The fourth-order valence-corrected chi connectivity index (χ4v) is 1.16. The number of ether oxygens (including phenoxy) is 2. The molecule has 0 atom stereocenters. The second kappa shape index (κ2) is 4.33. The Kier molecular flexibility index (Phi) is 3.13. The molecule has 1 N–H and O–H groups in total. The highest BCUT2D eigenvalue weighted by Crippen LogP contribution is 2.29. The first kappa shape index (κ1) is 10.9. The summed E-state index contributed by atoms with van der Waals surface area (Å²) in [6.45, 7) is 0. The topological polar surface area (TPSA) is 79.6 Å². The van der Waals surface area contributed by atoms with E-state index in [2.05, 4.69) is 4.74 Å². The van der Waals surface area contributed by atoms with Crippen LogP contribution in [0.1, 0.15) is 15.9 Å². The number of carbonyl (C=O) groups is 1. The number of nitriles is 1. The van der Waals surface area contributed by atoms with Crippen LogP contribution in [0.5, 0.6) is 11.5 Å². The van der Waals surface area contributed by atoms with Gasteiger partial charge in [0.15, 0.2) is 0 Å². The number of nitrogens with zero attached hydrogens (tertiary/aromatic N) is 1. The third-order valence-electron chi connectivity index (χ3n) is 1.87. The Morgan fingerprint density at radius 1 is 1.47 bits per heavy atom. The molecule has 78 valence electrons. The molecule has 0 amide bonds. The molecule has 0 radical (unpaired) electrons. The number of carbonyl (C=O) groups excluding carboxylic acids is 1. The maximum atomic E-state index is 11.3. The molecule has 0 aliphatic rings. The van der Waals surface area contributed by atoms with Crippen molar-refractivity contribution in [1.29, 1.82) is 5.26 Å². The highest BCUT2D eigenvalue weighted by Gasteiger charge is 2.20. The van der Waals surface area contributed by atoms with Crippen LogP contribution in [0.15, 0.2) is 12.1 Å². The van der Waals surface area contributed by atoms with Gasteiger partial charge in [0.1, 0.15) is 28.7 Å². The van der Waals surface area contributed by atoms with Crippen molar-refractivity contribution < 1.29 is 19.4 Å². The zero-order valence-electron chi connectivity index (χ0n) is 8.27. The molecule has 0 heterocycles. The molecular formula is C10H9NO4. The Balaban J connectivity index is 3.47. The molecule has 0 unspecified atom stereocenters. The summed E-state index contributed by atoms with van der Waals surface area (Å²) in [5, 5.41) is 18.3. The van der Waals surface area contributed by atoms with Gasteiger partial charge in [-0.25, -0.2) is 4.79 Å². The first-order valence-corrected chi connectivity index (χ1v) is 4.04. The summed E-state index contributed by atoms with van der Waals surface area (Å²) in [5.74, 6) is -0.863. The molecule has 0 aromatic heterocycles. The highest BCUT2D eigenvalue weighted by molar-refractivity contribution is 5.96. The fraction of sp³-hybridized carbons (Fsp3) is 0.200. The van der Waals surface area contributed by atoms with E-state index in [-0.39, 0.29) is 22.6 Å². The van der Waals surface area contributed by atoms with Gasteiger partial charge in [-0.1, -0.05) is 0 Å². The van der Waals surface area contributed by atoms with Gasteiger partial charge in [-0.05, 0) is 12.1 Å². The molecular weight excluding hydrogens is 198 g/mol. The number of esters is 1. The van der Waals surface area contributed by atoms with E-state index in [1.807, 2.05) is 0 Å². The standard InChI is InChI=1S/C10H9NO4/c1-14-8-4-3-7(12)9(6(8)5-11)10(13)15-2/h3-4,12H,1-2H3. The number of hydrogen-bond acceptors (Lipinski definition) is 5. The lowest BCUT2D eigenvalue weighted by Gasteiger charge is -2.08. The minimum absolute atomic E-state index is 0.0376. The van der Waals surface area contributed by atoms with E-state index in [0.717, 1.165) is 0 Å². The monoisotopic (exact) mass is 207 g/mol. The van der Waals surface area contributed by atoms with Crippen LogP contribution in [0.2, 0.25) is 0 Å². The van der Waals surface area contributed by atoms with Crippen molar-refractivity contribution in [2.24, 2.45) is 0 Å². The number of phenolic OH excluding ortho intramolecular Hbond substituents is 1. The first-order chi connectivity index (χ1) is 7.15. The van der Waals surface area contributed by atoms with Gasteiger partial charge in [0.05, 0.1) is 14.2 Å². The van der Waals surface area contributed by atoms with E-state index in [4.69, 9.17) is 10.00 Å². The Morgan fingerprint density at radius 2 is 2.13 bits per heavy atom. The minimum Gasteiger partial charge on any atom is -0.507 e. The molecule has 0 fully saturated rings. The van der Waals surface area contributed by atoms with Crippen molar-refractivity contribution in [2.45, 2.75) is 0 Å². The number of hydrogen-bond donors (Lipinski definition) is 1. The number of aromatic hydroxyl groups is 1. The molecule has 5 heteroatoms. The van der Waals surface area contributed by atoms with Crippen molar-refractivity contribution in [3.05, 3.63) is 23.3 Å². The molecule has 0 saturated carbocycles. The van der Waals surface area contributed by atoms with Crippen molar-refractivity contribution >= 4 is 5.97 Å². The summed E-state index contributed by atoms with van der Waals surface area (Å²) < 4.78 is 9.34. The van der Waals surface area contributed by atoms with Crippen molar-refractivity contribution in [2.75, 3.05) is 14.2 Å². The van der Waals surface area contributed by atoms with Crippen LogP contribution in [-0.4, -0.2) is 25.3 Å². The maximum absolute atomic E-state index is 11.3. The smallest absolute Gasteiger partial charge is 0.343 e. The summed E-state index contributed by atoms with van der Waals surface area (Å²) in [7, 11) is 2.54. The van der Waals surface area contributed by atoms with Crippen LogP contribution in [0.3, 0.4) is 0 Å². The molecule has 0 bridgehead atoms. The van der Waals surface area contributed by atoms with Gasteiger partial charge in [-0.15, -0.1) is 0 Å². The quantitative estimate of drug-likeness (QED) is 0.733. The molecule has 1 rings (SSSR count). The van der Waals surface area contributed by atoms with E-state index in [0.29, 0.717) is 0 Å².